The van der Waals surface area contributed by atoms with E-state index in [1.54, 1.807) is 30.3 Å². The maximum atomic E-state index is 12.3. The van der Waals surface area contributed by atoms with Gasteiger partial charge in [0.2, 0.25) is 11.8 Å². The fourth-order valence-corrected chi connectivity index (χ4v) is 3.57. The number of hydrogen-bond donors (Lipinski definition) is 3. The van der Waals surface area contributed by atoms with Gasteiger partial charge >= 0.3 is 0 Å². The molecule has 1 aromatic heterocycles. The first-order valence-corrected chi connectivity index (χ1v) is 12.2. The third-order valence-corrected chi connectivity index (χ3v) is 5.72. The van der Waals surface area contributed by atoms with Crippen molar-refractivity contribution in [1.29, 1.82) is 0 Å². The summed E-state index contributed by atoms with van der Waals surface area (Å²) < 4.78 is 6.54. The summed E-state index contributed by atoms with van der Waals surface area (Å²) in [4.78, 5) is 48.7. The Balaban J connectivity index is 1.23. The van der Waals surface area contributed by atoms with Crippen molar-refractivity contribution in [2.45, 2.75) is 26.3 Å². The molecule has 1 aliphatic carbocycles. The Bertz CT molecular complexity index is 1310. The maximum absolute atomic E-state index is 12.3. The van der Waals surface area contributed by atoms with Crippen molar-refractivity contribution in [3.8, 4) is 17.0 Å². The van der Waals surface area contributed by atoms with Crippen molar-refractivity contribution in [1.82, 2.24) is 20.4 Å². The van der Waals surface area contributed by atoms with Gasteiger partial charge in [0, 0.05) is 41.9 Å². The summed E-state index contributed by atoms with van der Waals surface area (Å²) in [5.41, 5.74) is 2.04. The van der Waals surface area contributed by atoms with Gasteiger partial charge in [-0.05, 0) is 74.4 Å². The number of rotatable bonds is 11. The summed E-state index contributed by atoms with van der Waals surface area (Å²) in [5, 5.41) is 12.5. The monoisotopic (exact) mass is 503 g/mol. The Hall–Kier alpha value is -4.47. The molecule has 1 heterocycles. The lowest BCUT2D eigenvalue weighted by Crippen LogP contribution is -2.38. The number of carbonyl (C=O) groups is 3. The lowest BCUT2D eigenvalue weighted by molar-refractivity contribution is -0.122. The van der Waals surface area contributed by atoms with Gasteiger partial charge in [0.15, 0.2) is 0 Å². The summed E-state index contributed by atoms with van der Waals surface area (Å²) in [6, 6.07) is 16.9. The predicted molar refractivity (Wildman–Crippen MR) is 138 cm³/mol. The summed E-state index contributed by atoms with van der Waals surface area (Å²) in [6.45, 7) is 2.62. The van der Waals surface area contributed by atoms with Crippen LogP contribution < -0.4 is 26.2 Å². The maximum Gasteiger partial charge on any atom is 0.267 e. The third kappa shape index (κ3) is 7.26. The second kappa shape index (κ2) is 12.0. The third-order valence-electron chi connectivity index (χ3n) is 5.72. The van der Waals surface area contributed by atoms with Gasteiger partial charge in [-0.3, -0.25) is 19.2 Å². The molecule has 0 radical (unpaired) electrons. The first-order valence-electron chi connectivity index (χ1n) is 12.2. The highest BCUT2D eigenvalue weighted by atomic mass is 16.5. The highest BCUT2D eigenvalue weighted by Crippen LogP contribution is 2.30. The van der Waals surface area contributed by atoms with E-state index in [9.17, 15) is 19.2 Å². The van der Waals surface area contributed by atoms with Crippen LogP contribution in [0, 0.1) is 5.92 Å². The summed E-state index contributed by atoms with van der Waals surface area (Å²) in [5.74, 6) is 0.155. The van der Waals surface area contributed by atoms with E-state index in [4.69, 9.17) is 4.74 Å². The zero-order valence-corrected chi connectivity index (χ0v) is 20.5. The van der Waals surface area contributed by atoms with Crippen LogP contribution in [0.25, 0.3) is 11.3 Å². The zero-order chi connectivity index (χ0) is 26.2. The van der Waals surface area contributed by atoms with Crippen LogP contribution in [0.2, 0.25) is 0 Å². The molecule has 2 aromatic carbocycles. The molecule has 3 amide bonds. The molecule has 1 aliphatic rings. The number of hydrogen-bond acceptors (Lipinski definition) is 6. The van der Waals surface area contributed by atoms with Gasteiger partial charge in [0.1, 0.15) is 12.3 Å². The van der Waals surface area contributed by atoms with Gasteiger partial charge in [-0.15, -0.1) is 0 Å². The van der Waals surface area contributed by atoms with Crippen LogP contribution in [0.4, 0.5) is 5.69 Å². The molecule has 0 aliphatic heterocycles. The highest BCUT2D eigenvalue weighted by Gasteiger charge is 2.29. The Morgan fingerprint density at radius 2 is 1.65 bits per heavy atom. The first kappa shape index (κ1) is 25.6. The van der Waals surface area contributed by atoms with E-state index in [0.717, 1.165) is 28.8 Å². The minimum absolute atomic E-state index is 0.00769. The second-order valence-electron chi connectivity index (χ2n) is 8.62. The van der Waals surface area contributed by atoms with Gasteiger partial charge in [-0.25, -0.2) is 4.68 Å². The Kier molecular flexibility index (Phi) is 8.29. The zero-order valence-electron chi connectivity index (χ0n) is 20.5. The number of anilines is 1. The lowest BCUT2D eigenvalue weighted by atomic mass is 10.1. The molecule has 0 spiro atoms. The molecular weight excluding hydrogens is 474 g/mol. The number of nitrogens with zero attached hydrogens (tertiary/aromatic N) is 2. The largest absolute Gasteiger partial charge is 0.494 e. The van der Waals surface area contributed by atoms with E-state index in [-0.39, 0.29) is 37.4 Å². The van der Waals surface area contributed by atoms with E-state index in [2.05, 4.69) is 21.0 Å². The normalized spacial score (nSPS) is 12.5. The summed E-state index contributed by atoms with van der Waals surface area (Å²) in [7, 11) is 0. The molecule has 10 nitrogen and oxygen atoms in total. The topological polar surface area (TPSA) is 131 Å². The Labute approximate surface area is 214 Å². The molecule has 10 heteroatoms. The van der Waals surface area contributed by atoms with Gasteiger partial charge < -0.3 is 20.7 Å². The quantitative estimate of drug-likeness (QED) is 0.344. The molecule has 3 N–H and O–H groups in total. The van der Waals surface area contributed by atoms with Crippen LogP contribution in [-0.2, 0) is 16.1 Å². The van der Waals surface area contributed by atoms with Crippen LogP contribution in [0.5, 0.6) is 5.75 Å². The molecule has 37 heavy (non-hydrogen) atoms. The molecule has 0 bridgehead atoms. The second-order valence-corrected chi connectivity index (χ2v) is 8.62. The van der Waals surface area contributed by atoms with Crippen molar-refractivity contribution in [2.24, 2.45) is 5.92 Å². The van der Waals surface area contributed by atoms with E-state index < -0.39 is 11.5 Å². The Morgan fingerprint density at radius 3 is 2.32 bits per heavy atom. The van der Waals surface area contributed by atoms with Gasteiger partial charge in [-0.2, -0.15) is 5.10 Å². The number of benzene rings is 2. The fraction of sp³-hybridized carbons (Fsp3) is 0.296. The fourth-order valence-electron chi connectivity index (χ4n) is 3.57. The number of ether oxygens (including phenoxy) is 1. The molecular formula is C27H29N5O5. The average Bonchev–Trinajstić information content (AvgIpc) is 3.75. The minimum atomic E-state index is -0.400. The van der Waals surface area contributed by atoms with Crippen molar-refractivity contribution in [2.75, 3.05) is 25.0 Å². The van der Waals surface area contributed by atoms with E-state index in [0.29, 0.717) is 23.6 Å². The highest BCUT2D eigenvalue weighted by molar-refractivity contribution is 5.96. The minimum Gasteiger partial charge on any atom is -0.494 e. The van der Waals surface area contributed by atoms with Gasteiger partial charge in [-0.1, -0.05) is 0 Å². The van der Waals surface area contributed by atoms with Crippen LogP contribution in [0.3, 0.4) is 0 Å². The Morgan fingerprint density at radius 1 is 0.946 bits per heavy atom. The summed E-state index contributed by atoms with van der Waals surface area (Å²) >= 11 is 0. The van der Waals surface area contributed by atoms with Gasteiger partial charge in [0.05, 0.1) is 12.3 Å². The smallest absolute Gasteiger partial charge is 0.267 e. The number of carbonyl (C=O) groups excluding carboxylic acids is 3. The van der Waals surface area contributed by atoms with Crippen LogP contribution >= 0.6 is 0 Å². The lowest BCUT2D eigenvalue weighted by Gasteiger charge is -2.10. The van der Waals surface area contributed by atoms with E-state index in [1.165, 1.54) is 6.07 Å². The molecule has 192 valence electrons. The molecule has 4 rings (SSSR count). The standard InChI is InChI=1S/C27H29N5O5/c1-2-37-22-11-7-18(8-12-22)23-13-14-25(34)32(31-23)17-24(33)28-15-16-29-26(35)19-5-9-21(10-6-19)30-27(36)20-3-4-20/h5-14,20H,2-4,15-17H2,1H3,(H,28,33)(H,29,35)(H,30,36). The van der Waals surface area contributed by atoms with Crippen molar-refractivity contribution >= 4 is 23.4 Å². The average molecular weight is 504 g/mol. The molecule has 1 fully saturated rings. The van der Waals surface area contributed by atoms with E-state index in [1.807, 2.05) is 31.2 Å². The number of aromatic nitrogens is 2. The van der Waals surface area contributed by atoms with Crippen LogP contribution in [-0.4, -0.2) is 47.2 Å². The van der Waals surface area contributed by atoms with E-state index >= 15 is 0 Å². The van der Waals surface area contributed by atoms with Crippen molar-refractivity contribution in [3.63, 3.8) is 0 Å². The number of nitrogens with one attached hydrogen (secondary N) is 3. The molecule has 1 saturated carbocycles. The number of amides is 3. The molecule has 3 aromatic rings. The summed E-state index contributed by atoms with van der Waals surface area (Å²) in [6.07, 6.45) is 1.85. The first-order chi connectivity index (χ1) is 17.9. The van der Waals surface area contributed by atoms with Crippen LogP contribution in [0.1, 0.15) is 30.1 Å². The molecule has 0 atom stereocenters. The van der Waals surface area contributed by atoms with Crippen molar-refractivity contribution < 1.29 is 19.1 Å². The molecule has 0 unspecified atom stereocenters. The molecule has 0 saturated heterocycles. The van der Waals surface area contributed by atoms with Crippen LogP contribution in [0.15, 0.2) is 65.5 Å². The SMILES string of the molecule is CCOc1ccc(-c2ccc(=O)n(CC(=O)NCCNC(=O)c3ccc(NC(=O)C4CC4)cc3)n2)cc1. The van der Waals surface area contributed by atoms with Gasteiger partial charge in [0.25, 0.3) is 11.5 Å². The van der Waals surface area contributed by atoms with Crippen molar-refractivity contribution in [3.05, 3.63) is 76.6 Å². The predicted octanol–water partition coefficient (Wildman–Crippen LogP) is 2.20.